The molecule has 4 rings (SSSR count). The number of nitrogens with zero attached hydrogens (tertiary/aromatic N) is 2. The molecule has 3 atom stereocenters. The van der Waals surface area contributed by atoms with Gasteiger partial charge in [0.1, 0.15) is 6.17 Å². The maximum absolute atomic E-state index is 13.6. The summed E-state index contributed by atoms with van der Waals surface area (Å²) < 4.78 is 13.6. The van der Waals surface area contributed by atoms with Crippen molar-refractivity contribution in [1.82, 2.24) is 10.2 Å². The minimum absolute atomic E-state index is 0.177. The molecule has 2 amide bonds. The zero-order valence-electron chi connectivity index (χ0n) is 15.7. The average Bonchev–Trinajstić information content (AvgIpc) is 3.10. The number of halogens is 1. The number of nitrogens with one attached hydrogen (secondary N) is 1. The van der Waals surface area contributed by atoms with Crippen molar-refractivity contribution in [3.05, 3.63) is 29.8 Å². The zero-order chi connectivity index (χ0) is 18.8. The van der Waals surface area contributed by atoms with Gasteiger partial charge in [-0.25, -0.2) is 4.39 Å². The summed E-state index contributed by atoms with van der Waals surface area (Å²) in [5.41, 5.74) is 2.15. The molecule has 0 radical (unpaired) electrons. The van der Waals surface area contributed by atoms with E-state index >= 15 is 0 Å². The number of amides is 2. The zero-order valence-corrected chi connectivity index (χ0v) is 15.7. The van der Waals surface area contributed by atoms with Gasteiger partial charge in [-0.05, 0) is 55.8 Å². The summed E-state index contributed by atoms with van der Waals surface area (Å²) in [5.74, 6) is -0.00219. The molecule has 3 fully saturated rings. The van der Waals surface area contributed by atoms with Crippen molar-refractivity contribution in [2.24, 2.45) is 5.92 Å². The van der Waals surface area contributed by atoms with E-state index < -0.39 is 6.17 Å². The Balaban J connectivity index is 1.33. The van der Waals surface area contributed by atoms with Crippen LogP contribution in [-0.4, -0.2) is 55.6 Å². The number of benzene rings is 1. The van der Waals surface area contributed by atoms with Gasteiger partial charge in [-0.1, -0.05) is 12.1 Å². The van der Waals surface area contributed by atoms with Crippen LogP contribution in [0.2, 0.25) is 0 Å². The summed E-state index contributed by atoms with van der Waals surface area (Å²) in [6.07, 6.45) is 3.16. The average molecular weight is 373 g/mol. The highest BCUT2D eigenvalue weighted by Gasteiger charge is 2.29. The molecule has 3 saturated heterocycles. The second-order valence-corrected chi connectivity index (χ2v) is 8.20. The molecule has 1 aromatic carbocycles. The largest absolute Gasteiger partial charge is 0.371 e. The lowest BCUT2D eigenvalue weighted by molar-refractivity contribution is -0.134. The molecule has 0 saturated carbocycles. The first-order valence-corrected chi connectivity index (χ1v) is 10.1. The maximum Gasteiger partial charge on any atom is 0.234 e. The molecule has 3 aliphatic heterocycles. The number of carbonyl (C=O) groups is 2. The van der Waals surface area contributed by atoms with E-state index in [1.165, 1.54) is 5.69 Å². The highest BCUT2D eigenvalue weighted by Crippen LogP contribution is 2.29. The van der Waals surface area contributed by atoms with Crippen molar-refractivity contribution in [2.45, 2.75) is 44.2 Å². The molecular weight excluding hydrogens is 345 g/mol. The fourth-order valence-electron chi connectivity index (χ4n) is 4.68. The lowest BCUT2D eigenvalue weighted by Crippen LogP contribution is -2.40. The van der Waals surface area contributed by atoms with E-state index in [9.17, 15) is 14.0 Å². The SMILES string of the molecule is O=C1CCC(c2ccc(N3CC[C@H](CN4CCC[C@H](F)C4)C3)cc2)C(=O)N1. The predicted molar refractivity (Wildman–Crippen MR) is 102 cm³/mol. The first-order chi connectivity index (χ1) is 13.1. The van der Waals surface area contributed by atoms with E-state index in [1.54, 1.807) is 0 Å². The van der Waals surface area contributed by atoms with Gasteiger partial charge < -0.3 is 9.80 Å². The smallest absolute Gasteiger partial charge is 0.234 e. The third-order valence-corrected chi connectivity index (χ3v) is 6.15. The summed E-state index contributed by atoms with van der Waals surface area (Å²) >= 11 is 0. The topological polar surface area (TPSA) is 52.7 Å². The third-order valence-electron chi connectivity index (χ3n) is 6.15. The molecule has 6 heteroatoms. The number of alkyl halides is 1. The molecule has 1 N–H and O–H groups in total. The quantitative estimate of drug-likeness (QED) is 0.824. The minimum Gasteiger partial charge on any atom is -0.371 e. The highest BCUT2D eigenvalue weighted by atomic mass is 19.1. The molecule has 0 bridgehead atoms. The Kier molecular flexibility index (Phi) is 5.43. The predicted octanol–water partition coefficient (Wildman–Crippen LogP) is 2.47. The van der Waals surface area contributed by atoms with Crippen LogP contribution in [-0.2, 0) is 9.59 Å². The van der Waals surface area contributed by atoms with Gasteiger partial charge in [0.25, 0.3) is 0 Å². The van der Waals surface area contributed by atoms with Crippen molar-refractivity contribution in [2.75, 3.05) is 37.6 Å². The van der Waals surface area contributed by atoms with Crippen LogP contribution in [0.3, 0.4) is 0 Å². The van der Waals surface area contributed by atoms with Crippen LogP contribution in [0.15, 0.2) is 24.3 Å². The van der Waals surface area contributed by atoms with Crippen LogP contribution >= 0.6 is 0 Å². The molecule has 27 heavy (non-hydrogen) atoms. The number of rotatable bonds is 4. The van der Waals surface area contributed by atoms with Gasteiger partial charge in [-0.2, -0.15) is 0 Å². The second-order valence-electron chi connectivity index (χ2n) is 8.20. The number of hydrogen-bond donors (Lipinski definition) is 1. The number of carbonyl (C=O) groups excluding carboxylic acids is 2. The molecule has 3 heterocycles. The van der Waals surface area contributed by atoms with E-state index in [2.05, 4.69) is 27.2 Å². The van der Waals surface area contributed by atoms with E-state index in [0.717, 1.165) is 44.6 Å². The van der Waals surface area contributed by atoms with Gasteiger partial charge in [0.15, 0.2) is 0 Å². The van der Waals surface area contributed by atoms with Gasteiger partial charge in [0.2, 0.25) is 11.8 Å². The van der Waals surface area contributed by atoms with Crippen LogP contribution in [0, 0.1) is 5.92 Å². The maximum atomic E-state index is 13.6. The van der Waals surface area contributed by atoms with Crippen LogP contribution < -0.4 is 10.2 Å². The van der Waals surface area contributed by atoms with E-state index in [0.29, 0.717) is 31.7 Å². The minimum atomic E-state index is -0.656. The van der Waals surface area contributed by atoms with Crippen LogP contribution in [0.4, 0.5) is 10.1 Å². The lowest BCUT2D eigenvalue weighted by Gasteiger charge is -2.31. The third kappa shape index (κ3) is 4.32. The normalized spacial score (nSPS) is 29.8. The second kappa shape index (κ2) is 7.97. The highest BCUT2D eigenvalue weighted by molar-refractivity contribution is 6.00. The molecular formula is C21H28FN3O2. The molecule has 0 spiro atoms. The molecule has 5 nitrogen and oxygen atoms in total. The fraction of sp³-hybridized carbons (Fsp3) is 0.619. The van der Waals surface area contributed by atoms with Crippen LogP contribution in [0.25, 0.3) is 0 Å². The monoisotopic (exact) mass is 373 g/mol. The summed E-state index contributed by atoms with van der Waals surface area (Å²) in [6.45, 7) is 4.64. The van der Waals surface area contributed by atoms with Crippen LogP contribution in [0.1, 0.15) is 43.6 Å². The van der Waals surface area contributed by atoms with E-state index in [4.69, 9.17) is 0 Å². The Morgan fingerprint density at radius 2 is 1.85 bits per heavy atom. The standard InChI is InChI=1S/C21H28FN3O2/c22-17-2-1-10-24(14-17)12-15-9-11-25(13-15)18-5-3-16(4-6-18)19-7-8-20(26)23-21(19)27/h3-6,15,17,19H,1-2,7-14H2,(H,23,26,27)/t15-,17+,19?/m1/s1. The number of anilines is 1. The van der Waals surface area contributed by atoms with Crippen molar-refractivity contribution >= 4 is 17.5 Å². The Labute approximate surface area is 159 Å². The van der Waals surface area contributed by atoms with Gasteiger partial charge in [-0.15, -0.1) is 0 Å². The Morgan fingerprint density at radius 3 is 2.59 bits per heavy atom. The summed E-state index contributed by atoms with van der Waals surface area (Å²) in [7, 11) is 0. The number of likely N-dealkylation sites (tertiary alicyclic amines) is 1. The Bertz CT molecular complexity index is 693. The summed E-state index contributed by atoms with van der Waals surface area (Å²) in [5, 5.41) is 2.43. The summed E-state index contributed by atoms with van der Waals surface area (Å²) in [4.78, 5) is 28.0. The number of piperidine rings is 2. The van der Waals surface area contributed by atoms with Gasteiger partial charge in [-0.3, -0.25) is 14.9 Å². The van der Waals surface area contributed by atoms with Crippen molar-refractivity contribution in [3.8, 4) is 0 Å². The molecule has 146 valence electrons. The molecule has 1 aromatic rings. The van der Waals surface area contributed by atoms with Gasteiger partial charge in [0.05, 0.1) is 5.92 Å². The van der Waals surface area contributed by atoms with E-state index in [1.807, 2.05) is 12.1 Å². The Hall–Kier alpha value is -1.95. The van der Waals surface area contributed by atoms with Crippen molar-refractivity contribution in [1.29, 1.82) is 0 Å². The number of imide groups is 1. The fourth-order valence-corrected chi connectivity index (χ4v) is 4.68. The molecule has 0 aliphatic carbocycles. The molecule has 3 aliphatic rings. The lowest BCUT2D eigenvalue weighted by atomic mass is 9.90. The van der Waals surface area contributed by atoms with Crippen molar-refractivity contribution < 1.29 is 14.0 Å². The molecule has 1 unspecified atom stereocenters. The Morgan fingerprint density at radius 1 is 1.04 bits per heavy atom. The van der Waals surface area contributed by atoms with E-state index in [-0.39, 0.29) is 17.7 Å². The van der Waals surface area contributed by atoms with Gasteiger partial charge >= 0.3 is 0 Å². The first-order valence-electron chi connectivity index (χ1n) is 10.1. The first kappa shape index (κ1) is 18.4. The van der Waals surface area contributed by atoms with Crippen LogP contribution in [0.5, 0.6) is 0 Å². The van der Waals surface area contributed by atoms with Crippen molar-refractivity contribution in [3.63, 3.8) is 0 Å². The number of hydrogen-bond acceptors (Lipinski definition) is 4. The molecule has 0 aromatic heterocycles. The summed E-state index contributed by atoms with van der Waals surface area (Å²) in [6, 6.07) is 8.20. The van der Waals surface area contributed by atoms with Gasteiger partial charge in [0, 0.05) is 38.3 Å².